The van der Waals surface area contributed by atoms with Crippen LogP contribution in [0.15, 0.2) is 46.9 Å². The molecule has 0 atom stereocenters. The minimum Gasteiger partial charge on any atom is -0.457 e. The average molecular weight is 326 g/mol. The van der Waals surface area contributed by atoms with Crippen LogP contribution in [-0.2, 0) is 4.79 Å². The van der Waals surface area contributed by atoms with Crippen LogP contribution < -0.4 is 0 Å². The zero-order chi connectivity index (χ0) is 16.9. The first-order valence-corrected chi connectivity index (χ1v) is 7.95. The van der Waals surface area contributed by atoms with Gasteiger partial charge in [0.1, 0.15) is 11.5 Å². The van der Waals surface area contributed by atoms with Gasteiger partial charge in [0.15, 0.2) is 0 Å². The smallest absolute Gasteiger partial charge is 0.269 e. The number of benzene rings is 1. The first kappa shape index (κ1) is 16.0. The van der Waals surface area contributed by atoms with Gasteiger partial charge in [0.2, 0.25) is 5.91 Å². The van der Waals surface area contributed by atoms with Gasteiger partial charge >= 0.3 is 0 Å². The zero-order valence-electron chi connectivity index (χ0n) is 13.2. The Morgan fingerprint density at radius 3 is 2.46 bits per heavy atom. The number of likely N-dealkylation sites (tertiary alicyclic amines) is 1. The number of nitrogens with zero attached hydrogens (tertiary/aromatic N) is 2. The number of hydrogen-bond acceptors (Lipinski definition) is 4. The molecular weight excluding hydrogens is 308 g/mol. The SMILES string of the molecule is O=C(C=Cc1ccc(-c2ccc([N+](=O)[O-])cc2)o1)N1CCCCC1. The van der Waals surface area contributed by atoms with Crippen LogP contribution in [-0.4, -0.2) is 28.8 Å². The Hall–Kier alpha value is -2.89. The highest BCUT2D eigenvalue weighted by atomic mass is 16.6. The predicted octanol–water partition coefficient (Wildman–Crippen LogP) is 3.88. The number of piperidine rings is 1. The van der Waals surface area contributed by atoms with Crippen molar-refractivity contribution < 1.29 is 14.1 Å². The van der Waals surface area contributed by atoms with Crippen LogP contribution >= 0.6 is 0 Å². The lowest BCUT2D eigenvalue weighted by atomic mass is 10.1. The number of furan rings is 1. The maximum Gasteiger partial charge on any atom is 0.269 e. The first-order valence-electron chi connectivity index (χ1n) is 7.95. The summed E-state index contributed by atoms with van der Waals surface area (Å²) >= 11 is 0. The summed E-state index contributed by atoms with van der Waals surface area (Å²) in [6.45, 7) is 1.63. The Morgan fingerprint density at radius 2 is 1.79 bits per heavy atom. The second-order valence-corrected chi connectivity index (χ2v) is 5.73. The van der Waals surface area contributed by atoms with Crippen molar-refractivity contribution in [2.75, 3.05) is 13.1 Å². The van der Waals surface area contributed by atoms with Crippen LogP contribution in [0.1, 0.15) is 25.0 Å². The summed E-state index contributed by atoms with van der Waals surface area (Å²) in [5, 5.41) is 10.7. The summed E-state index contributed by atoms with van der Waals surface area (Å²) in [5.74, 6) is 1.19. The molecule has 0 aliphatic carbocycles. The Kier molecular flexibility index (Phi) is 4.74. The third-order valence-corrected chi connectivity index (χ3v) is 4.05. The number of nitro benzene ring substituents is 1. The van der Waals surface area contributed by atoms with Crippen LogP contribution in [0.2, 0.25) is 0 Å². The molecule has 1 amide bonds. The maximum atomic E-state index is 12.1. The minimum atomic E-state index is -0.438. The molecule has 124 valence electrons. The molecule has 0 unspecified atom stereocenters. The molecule has 1 aliphatic heterocycles. The first-order chi connectivity index (χ1) is 11.6. The van der Waals surface area contributed by atoms with E-state index in [2.05, 4.69) is 0 Å². The molecule has 0 bridgehead atoms. The largest absolute Gasteiger partial charge is 0.457 e. The van der Waals surface area contributed by atoms with E-state index in [0.29, 0.717) is 11.5 Å². The summed E-state index contributed by atoms with van der Waals surface area (Å²) in [4.78, 5) is 24.2. The highest BCUT2D eigenvalue weighted by molar-refractivity contribution is 5.91. The molecule has 6 heteroatoms. The van der Waals surface area contributed by atoms with Crippen molar-refractivity contribution in [1.82, 2.24) is 4.90 Å². The van der Waals surface area contributed by atoms with Gasteiger partial charge in [-0.05, 0) is 49.6 Å². The van der Waals surface area contributed by atoms with Gasteiger partial charge < -0.3 is 9.32 Å². The average Bonchev–Trinajstić information content (AvgIpc) is 3.09. The van der Waals surface area contributed by atoms with Crippen molar-refractivity contribution in [1.29, 1.82) is 0 Å². The molecule has 1 fully saturated rings. The van der Waals surface area contributed by atoms with Gasteiger partial charge in [-0.1, -0.05) is 0 Å². The number of nitro groups is 1. The van der Waals surface area contributed by atoms with Gasteiger partial charge in [0, 0.05) is 36.9 Å². The summed E-state index contributed by atoms with van der Waals surface area (Å²) in [6, 6.07) is 9.72. The van der Waals surface area contributed by atoms with Crippen molar-refractivity contribution in [2.45, 2.75) is 19.3 Å². The molecule has 0 saturated carbocycles. The molecule has 1 aliphatic rings. The van der Waals surface area contributed by atoms with E-state index >= 15 is 0 Å². The van der Waals surface area contributed by atoms with Gasteiger partial charge in [0.05, 0.1) is 4.92 Å². The van der Waals surface area contributed by atoms with Gasteiger partial charge in [-0.2, -0.15) is 0 Å². The Bertz CT molecular complexity index is 756. The molecule has 2 heterocycles. The fourth-order valence-corrected chi connectivity index (χ4v) is 2.72. The maximum absolute atomic E-state index is 12.1. The number of carbonyl (C=O) groups is 1. The molecule has 1 saturated heterocycles. The van der Waals surface area contributed by atoms with E-state index in [4.69, 9.17) is 4.42 Å². The molecule has 1 aromatic carbocycles. The Morgan fingerprint density at radius 1 is 1.08 bits per heavy atom. The summed E-state index contributed by atoms with van der Waals surface area (Å²) < 4.78 is 5.68. The molecule has 0 radical (unpaired) electrons. The fraction of sp³-hybridized carbons (Fsp3) is 0.278. The standard InChI is InChI=1S/C18H18N2O4/c21-18(19-12-2-1-3-13-19)11-9-16-8-10-17(24-16)14-4-6-15(7-5-14)20(22)23/h4-11H,1-3,12-13H2. The van der Waals surface area contributed by atoms with E-state index in [-0.39, 0.29) is 11.6 Å². The second kappa shape index (κ2) is 7.12. The van der Waals surface area contributed by atoms with E-state index in [9.17, 15) is 14.9 Å². The molecular formula is C18H18N2O4. The van der Waals surface area contributed by atoms with Gasteiger partial charge in [-0.3, -0.25) is 14.9 Å². The van der Waals surface area contributed by atoms with Crippen LogP contribution in [0.5, 0.6) is 0 Å². The summed E-state index contributed by atoms with van der Waals surface area (Å²) in [7, 11) is 0. The zero-order valence-corrected chi connectivity index (χ0v) is 13.2. The number of rotatable bonds is 4. The van der Waals surface area contributed by atoms with Gasteiger partial charge in [-0.25, -0.2) is 0 Å². The minimum absolute atomic E-state index is 0.00276. The van der Waals surface area contributed by atoms with Gasteiger partial charge in [-0.15, -0.1) is 0 Å². The highest BCUT2D eigenvalue weighted by Gasteiger charge is 2.14. The lowest BCUT2D eigenvalue weighted by Crippen LogP contribution is -2.34. The molecule has 24 heavy (non-hydrogen) atoms. The lowest BCUT2D eigenvalue weighted by molar-refractivity contribution is -0.384. The predicted molar refractivity (Wildman–Crippen MR) is 90.3 cm³/mol. The van der Waals surface area contributed by atoms with Crippen molar-refractivity contribution >= 4 is 17.7 Å². The number of non-ortho nitro benzene ring substituents is 1. The third-order valence-electron chi connectivity index (χ3n) is 4.05. The molecule has 2 aromatic rings. The van der Waals surface area contributed by atoms with Crippen molar-refractivity contribution in [3.8, 4) is 11.3 Å². The highest BCUT2D eigenvalue weighted by Crippen LogP contribution is 2.25. The van der Waals surface area contributed by atoms with Gasteiger partial charge in [0.25, 0.3) is 5.69 Å². The van der Waals surface area contributed by atoms with E-state index in [0.717, 1.165) is 31.5 Å². The van der Waals surface area contributed by atoms with Crippen LogP contribution in [0.25, 0.3) is 17.4 Å². The molecule has 1 aromatic heterocycles. The lowest BCUT2D eigenvalue weighted by Gasteiger charge is -2.25. The topological polar surface area (TPSA) is 76.6 Å². The van der Waals surface area contributed by atoms with Crippen LogP contribution in [0, 0.1) is 10.1 Å². The van der Waals surface area contributed by atoms with Crippen LogP contribution in [0.4, 0.5) is 5.69 Å². The summed E-state index contributed by atoms with van der Waals surface area (Å²) in [5.41, 5.74) is 0.792. The normalized spacial score (nSPS) is 14.9. The molecule has 6 nitrogen and oxygen atoms in total. The van der Waals surface area contributed by atoms with Crippen molar-refractivity contribution in [3.05, 3.63) is 58.3 Å². The number of hydrogen-bond donors (Lipinski definition) is 0. The molecule has 0 N–H and O–H groups in total. The van der Waals surface area contributed by atoms with E-state index in [1.54, 1.807) is 30.3 Å². The Labute approximate surface area is 139 Å². The van der Waals surface area contributed by atoms with Crippen molar-refractivity contribution in [2.24, 2.45) is 0 Å². The molecule has 3 rings (SSSR count). The third kappa shape index (κ3) is 3.71. The van der Waals surface area contributed by atoms with E-state index in [1.165, 1.54) is 24.6 Å². The monoisotopic (exact) mass is 326 g/mol. The number of carbonyl (C=O) groups excluding carboxylic acids is 1. The van der Waals surface area contributed by atoms with Crippen molar-refractivity contribution in [3.63, 3.8) is 0 Å². The van der Waals surface area contributed by atoms with E-state index < -0.39 is 4.92 Å². The van der Waals surface area contributed by atoms with E-state index in [1.807, 2.05) is 4.90 Å². The fourth-order valence-electron chi connectivity index (χ4n) is 2.72. The molecule has 0 spiro atoms. The Balaban J connectivity index is 1.67. The quantitative estimate of drug-likeness (QED) is 0.485. The number of amides is 1. The van der Waals surface area contributed by atoms with Crippen LogP contribution in [0.3, 0.4) is 0 Å². The summed E-state index contributed by atoms with van der Waals surface area (Å²) in [6.07, 6.45) is 6.50. The second-order valence-electron chi connectivity index (χ2n) is 5.73.